The second-order valence-corrected chi connectivity index (χ2v) is 9.63. The first-order valence-electron chi connectivity index (χ1n) is 12.0. The molecule has 1 aliphatic heterocycles. The molecule has 0 aromatic heterocycles. The van der Waals surface area contributed by atoms with Gasteiger partial charge in [0, 0.05) is 38.4 Å². The maximum absolute atomic E-state index is 12.5. The molecule has 0 spiro atoms. The summed E-state index contributed by atoms with van der Waals surface area (Å²) >= 11 is 0. The van der Waals surface area contributed by atoms with E-state index >= 15 is 0 Å². The Kier molecular flexibility index (Phi) is 9.11. The zero-order valence-electron chi connectivity index (χ0n) is 21.5. The summed E-state index contributed by atoms with van der Waals surface area (Å²) in [5.41, 5.74) is 6.49. The Balaban J connectivity index is 1.67. The van der Waals surface area contributed by atoms with Crippen molar-refractivity contribution in [2.75, 3.05) is 41.0 Å². The second-order valence-electron chi connectivity index (χ2n) is 9.63. The first-order valence-corrected chi connectivity index (χ1v) is 12.0. The van der Waals surface area contributed by atoms with Crippen LogP contribution in [0.5, 0.6) is 5.75 Å². The van der Waals surface area contributed by atoms with Gasteiger partial charge >= 0.3 is 5.97 Å². The number of nitrogens with zero attached hydrogens (tertiary/aromatic N) is 1. The van der Waals surface area contributed by atoms with Crippen LogP contribution in [0.15, 0.2) is 30.3 Å². The highest BCUT2D eigenvalue weighted by molar-refractivity contribution is 5.89. The number of methoxy groups -OCH3 is 2. The van der Waals surface area contributed by atoms with Gasteiger partial charge in [0.2, 0.25) is 0 Å². The third-order valence-electron chi connectivity index (χ3n) is 6.79. The molecule has 1 heterocycles. The fourth-order valence-electron chi connectivity index (χ4n) is 4.38. The topological polar surface area (TPSA) is 57.2 Å². The fourth-order valence-corrected chi connectivity index (χ4v) is 4.38. The van der Waals surface area contributed by atoms with E-state index in [4.69, 9.17) is 18.9 Å². The van der Waals surface area contributed by atoms with Gasteiger partial charge in [-0.1, -0.05) is 32.9 Å². The molecule has 0 unspecified atom stereocenters. The van der Waals surface area contributed by atoms with Crippen LogP contribution in [-0.4, -0.2) is 51.9 Å². The highest BCUT2D eigenvalue weighted by Crippen LogP contribution is 2.34. The third-order valence-corrected chi connectivity index (χ3v) is 6.79. The Morgan fingerprint density at radius 3 is 2.41 bits per heavy atom. The van der Waals surface area contributed by atoms with Crippen molar-refractivity contribution in [3.05, 3.63) is 63.7 Å². The highest BCUT2D eigenvalue weighted by Gasteiger charge is 2.23. The van der Waals surface area contributed by atoms with Gasteiger partial charge in [0.1, 0.15) is 19.0 Å². The van der Waals surface area contributed by atoms with Gasteiger partial charge in [0.15, 0.2) is 0 Å². The number of rotatable bonds is 11. The Labute approximate surface area is 204 Å². The molecule has 2 aromatic carbocycles. The minimum Gasteiger partial charge on any atom is -0.489 e. The predicted molar refractivity (Wildman–Crippen MR) is 133 cm³/mol. The molecule has 186 valence electrons. The zero-order chi connectivity index (χ0) is 24.7. The summed E-state index contributed by atoms with van der Waals surface area (Å²) in [6, 6.07) is 9.87. The van der Waals surface area contributed by atoms with E-state index < -0.39 is 0 Å². The van der Waals surface area contributed by atoms with Gasteiger partial charge in [-0.2, -0.15) is 0 Å². The zero-order valence-corrected chi connectivity index (χ0v) is 21.5. The smallest absolute Gasteiger partial charge is 0.338 e. The number of carbonyl (C=O) groups excluding carboxylic acids is 1. The maximum atomic E-state index is 12.5. The lowest BCUT2D eigenvalue weighted by atomic mass is 9.82. The minimum absolute atomic E-state index is 0.0837. The molecule has 0 aliphatic carbocycles. The highest BCUT2D eigenvalue weighted by atomic mass is 16.6. The van der Waals surface area contributed by atoms with E-state index in [0.29, 0.717) is 18.8 Å². The Hall–Kier alpha value is -2.41. The summed E-state index contributed by atoms with van der Waals surface area (Å²) < 4.78 is 22.6. The number of hydrogen-bond acceptors (Lipinski definition) is 6. The lowest BCUT2D eigenvalue weighted by Gasteiger charge is -2.29. The molecule has 1 aliphatic rings. The van der Waals surface area contributed by atoms with Crippen LogP contribution in [0.2, 0.25) is 0 Å². The van der Waals surface area contributed by atoms with Gasteiger partial charge in [-0.3, -0.25) is 0 Å². The lowest BCUT2D eigenvalue weighted by molar-refractivity contribution is 0.0446. The van der Waals surface area contributed by atoms with Crippen LogP contribution in [0, 0.1) is 0 Å². The number of hydrogen-bond donors (Lipinski definition) is 0. The van der Waals surface area contributed by atoms with Crippen LogP contribution in [0.1, 0.15) is 65.4 Å². The van der Waals surface area contributed by atoms with Crippen molar-refractivity contribution >= 4 is 5.97 Å². The number of esters is 1. The Morgan fingerprint density at radius 1 is 1.06 bits per heavy atom. The van der Waals surface area contributed by atoms with E-state index in [1.807, 2.05) is 24.3 Å². The summed E-state index contributed by atoms with van der Waals surface area (Å²) in [6.07, 6.45) is 1.98. The number of benzene rings is 2. The van der Waals surface area contributed by atoms with Gasteiger partial charge in [0.25, 0.3) is 0 Å². The molecule has 0 bridgehead atoms. The van der Waals surface area contributed by atoms with Crippen molar-refractivity contribution < 1.29 is 23.7 Å². The summed E-state index contributed by atoms with van der Waals surface area (Å²) in [5.74, 6) is 0.446. The van der Waals surface area contributed by atoms with E-state index in [1.54, 1.807) is 14.2 Å². The number of ether oxygens (including phenoxy) is 4. The Bertz CT molecular complexity index is 968. The standard InChI is InChI=1S/C28H39NO5/c1-7-28(2,3)23-10-8-20(9-11-23)27(30)34-15-14-33-26-22(18-31-5)16-21-17-29(4)13-12-24(21)25(26)19-32-6/h8-11,16H,7,12-15,17-19H2,1-6H3. The molecule has 0 saturated heterocycles. The van der Waals surface area contributed by atoms with Gasteiger partial charge in [-0.15, -0.1) is 0 Å². The minimum atomic E-state index is -0.341. The number of likely N-dealkylation sites (N-methyl/N-ethyl adjacent to an activating group) is 1. The average molecular weight is 470 g/mol. The van der Waals surface area contributed by atoms with Gasteiger partial charge in [-0.25, -0.2) is 4.79 Å². The molecule has 6 nitrogen and oxygen atoms in total. The molecule has 0 amide bonds. The molecular formula is C28H39NO5. The first kappa shape index (κ1) is 26.2. The molecule has 34 heavy (non-hydrogen) atoms. The molecule has 0 fully saturated rings. The van der Waals surface area contributed by atoms with Crippen molar-refractivity contribution in [2.45, 2.75) is 58.8 Å². The SMILES string of the molecule is CCC(C)(C)c1ccc(C(=O)OCCOc2c(COC)cc3c(c2COC)CCN(C)C3)cc1. The predicted octanol–water partition coefficient (Wildman–Crippen LogP) is 4.89. The average Bonchev–Trinajstić information content (AvgIpc) is 2.83. The number of carbonyl (C=O) groups is 1. The largest absolute Gasteiger partial charge is 0.489 e. The second kappa shape index (κ2) is 11.8. The van der Waals surface area contributed by atoms with Crippen LogP contribution in [0.3, 0.4) is 0 Å². The molecule has 0 radical (unpaired) electrons. The van der Waals surface area contributed by atoms with Crippen molar-refractivity contribution in [1.82, 2.24) is 4.90 Å². The molecule has 0 N–H and O–H groups in total. The Morgan fingerprint density at radius 2 is 1.76 bits per heavy atom. The molecule has 0 saturated carbocycles. The van der Waals surface area contributed by atoms with Crippen molar-refractivity contribution in [1.29, 1.82) is 0 Å². The van der Waals surface area contributed by atoms with Crippen LogP contribution in [-0.2, 0) is 45.8 Å². The fraction of sp³-hybridized carbons (Fsp3) is 0.536. The van der Waals surface area contributed by atoms with Crippen molar-refractivity contribution in [3.8, 4) is 5.75 Å². The van der Waals surface area contributed by atoms with Crippen molar-refractivity contribution in [2.24, 2.45) is 0 Å². The molecule has 3 rings (SSSR count). The van der Waals surface area contributed by atoms with Crippen LogP contribution in [0.4, 0.5) is 0 Å². The molecule has 2 aromatic rings. The van der Waals surface area contributed by atoms with Crippen LogP contribution in [0.25, 0.3) is 0 Å². The molecule has 0 atom stereocenters. The van der Waals surface area contributed by atoms with Crippen LogP contribution < -0.4 is 4.74 Å². The van der Waals surface area contributed by atoms with Gasteiger partial charge in [0.05, 0.1) is 18.8 Å². The number of fused-ring (bicyclic) bond motifs is 1. The van der Waals surface area contributed by atoms with E-state index in [-0.39, 0.29) is 24.6 Å². The first-order chi connectivity index (χ1) is 16.3. The third kappa shape index (κ3) is 6.17. The molecular weight excluding hydrogens is 430 g/mol. The quantitative estimate of drug-likeness (QED) is 0.345. The maximum Gasteiger partial charge on any atom is 0.338 e. The lowest BCUT2D eigenvalue weighted by Crippen LogP contribution is -2.28. The normalized spacial score (nSPS) is 14.1. The van der Waals surface area contributed by atoms with E-state index in [0.717, 1.165) is 42.8 Å². The summed E-state index contributed by atoms with van der Waals surface area (Å²) in [5, 5.41) is 0. The summed E-state index contributed by atoms with van der Waals surface area (Å²) in [6.45, 7) is 9.81. The van der Waals surface area contributed by atoms with Gasteiger partial charge < -0.3 is 23.8 Å². The van der Waals surface area contributed by atoms with Crippen molar-refractivity contribution in [3.63, 3.8) is 0 Å². The van der Waals surface area contributed by atoms with E-state index in [9.17, 15) is 4.79 Å². The molecule has 6 heteroatoms. The van der Waals surface area contributed by atoms with E-state index in [1.165, 1.54) is 16.7 Å². The van der Waals surface area contributed by atoms with Crippen LogP contribution >= 0.6 is 0 Å². The monoisotopic (exact) mass is 469 g/mol. The van der Waals surface area contributed by atoms with E-state index in [2.05, 4.69) is 38.8 Å². The van der Waals surface area contributed by atoms with Gasteiger partial charge in [-0.05, 0) is 60.2 Å². The summed E-state index contributed by atoms with van der Waals surface area (Å²) in [4.78, 5) is 14.8. The summed E-state index contributed by atoms with van der Waals surface area (Å²) in [7, 11) is 5.51.